The Labute approximate surface area is 612 Å². The summed E-state index contributed by atoms with van der Waals surface area (Å²) in [7, 11) is 0. The number of carbonyl (C=O) groups excluding carboxylic acids is 12. The minimum atomic E-state index is -1.98. The standard InChI is InChI=1S/C73H112N12O20/c1-7-42(3)19-15-13-11-9-10-12-14-16-20-49(88)41-59(90)77-52(32-35-60(91)92)66(97)78-51(21-17-37-74)65(96)81-56-40-47-25-29-50(30-26-47)105-73(104)62(43(4)8-2)83-68(99)55(39-46-23-27-48(87)28-24-46)82-67(98)53(31-34-58(75)89)79-70(101)57-22-18-38-85(57)72(103)44(5)76-64(95)54(33-36-61(93)94)80-71(102)63(45(6)86)84-69(56)100/h23-30,42-45,49,51-57,62-63,86-88H,7-22,31-41,74H2,1-6H3,(H2,75,89)(H,76,95)(H,77,90)(H,78,97)(H,79,101)(H,80,102)(H,81,96)(H,82,98)(H,83,99)(H,84,100)(H,91,92)(H,93,94)/t42?,43-,44+,45+,49?,51-,52-,53-,54-,55-,56-,57-,62-,63-/m0/s1. The number of aliphatic hydroxyl groups is 2. The number of fused-ring (bicyclic) bond motifs is 23. The zero-order valence-electron chi connectivity index (χ0n) is 61.3. The van der Waals surface area contributed by atoms with Crippen LogP contribution in [0, 0.1) is 11.8 Å². The fourth-order valence-corrected chi connectivity index (χ4v) is 12.2. The van der Waals surface area contributed by atoms with Crippen LogP contribution in [0.5, 0.6) is 11.5 Å². The molecule has 2 unspecified atom stereocenters. The van der Waals surface area contributed by atoms with Crippen molar-refractivity contribution < 1.29 is 97.4 Å². The SMILES string of the molecule is CCC(C)CCCCCCCCCCC(O)CC(=O)N[C@@H](CCC(=O)O)C(=O)N[C@@H](CCCN)C(=O)N[C@H]1Cc2ccc(cc2)OC(=O)[C@H]([C@@H](C)CC)NC(=O)[C@H](Cc2ccc(O)cc2)NC(=O)[C@H](CCC(N)=O)NC(=O)[C@@H]2CCCN2C(=O)[C@@H](C)NC(=O)[C@H](CCC(=O)O)NC(=O)[C@H]([C@@H](C)O)NC1=O. The molecule has 2 bridgehead atoms. The lowest BCUT2D eigenvalue weighted by Crippen LogP contribution is -2.62. The predicted octanol–water partition coefficient (Wildman–Crippen LogP) is 1.33. The van der Waals surface area contributed by atoms with E-state index in [4.69, 9.17) is 16.2 Å². The average Bonchev–Trinajstić information content (AvgIpc) is 1.78. The van der Waals surface area contributed by atoms with E-state index in [0.717, 1.165) is 49.8 Å². The number of unbranched alkanes of at least 4 members (excludes halogenated alkanes) is 7. The molecule has 1 saturated heterocycles. The molecule has 2 aromatic rings. The number of nitrogens with two attached hydrogens (primary N) is 2. The van der Waals surface area contributed by atoms with Crippen molar-refractivity contribution in [3.63, 3.8) is 0 Å². The molecule has 3 heterocycles. The molecule has 105 heavy (non-hydrogen) atoms. The van der Waals surface area contributed by atoms with E-state index in [1.165, 1.54) is 81.1 Å². The lowest BCUT2D eigenvalue weighted by molar-refractivity contribution is -0.143. The van der Waals surface area contributed by atoms with E-state index >= 15 is 0 Å². The Hall–Kier alpha value is -9.30. The van der Waals surface area contributed by atoms with Gasteiger partial charge in [-0.15, -0.1) is 0 Å². The smallest absolute Gasteiger partial charge is 0.334 e. The van der Waals surface area contributed by atoms with E-state index in [-0.39, 0.29) is 62.3 Å². The van der Waals surface area contributed by atoms with Gasteiger partial charge in [0.1, 0.15) is 71.9 Å². The highest BCUT2D eigenvalue weighted by Crippen LogP contribution is 2.23. The minimum absolute atomic E-state index is 0.0228. The second kappa shape index (κ2) is 45.8. The number of amides is 11. The third kappa shape index (κ3) is 31.5. The van der Waals surface area contributed by atoms with Crippen LogP contribution in [0.4, 0.5) is 0 Å². The van der Waals surface area contributed by atoms with Gasteiger partial charge < -0.3 is 94.5 Å². The van der Waals surface area contributed by atoms with Crippen molar-refractivity contribution in [3.05, 3.63) is 59.7 Å². The van der Waals surface area contributed by atoms with Crippen molar-refractivity contribution in [1.82, 2.24) is 52.8 Å². The van der Waals surface area contributed by atoms with Gasteiger partial charge in [0.25, 0.3) is 0 Å². The maximum Gasteiger partial charge on any atom is 0.334 e. The molecular weight excluding hydrogens is 1360 g/mol. The molecule has 18 N–H and O–H groups in total. The van der Waals surface area contributed by atoms with Gasteiger partial charge >= 0.3 is 17.9 Å². The highest BCUT2D eigenvalue weighted by molar-refractivity contribution is 5.99. The third-order valence-corrected chi connectivity index (χ3v) is 18.9. The fraction of sp³-hybridized carbons (Fsp3) is 0.644. The zero-order chi connectivity index (χ0) is 77.9. The van der Waals surface area contributed by atoms with Crippen LogP contribution >= 0.6 is 0 Å². The molecule has 14 atom stereocenters. The Bertz CT molecular complexity index is 3230. The lowest BCUT2D eigenvalue weighted by atomic mass is 9.97. The molecule has 0 spiro atoms. The summed E-state index contributed by atoms with van der Waals surface area (Å²) in [6.45, 7) is 10.1. The van der Waals surface area contributed by atoms with Crippen LogP contribution in [0.3, 0.4) is 0 Å². The summed E-state index contributed by atoms with van der Waals surface area (Å²) in [5.74, 6) is -14.7. The van der Waals surface area contributed by atoms with E-state index in [2.05, 4.69) is 61.7 Å². The van der Waals surface area contributed by atoms with Crippen molar-refractivity contribution in [3.8, 4) is 11.5 Å². The summed E-state index contributed by atoms with van der Waals surface area (Å²) < 4.78 is 5.82. The number of phenols is 1. The first-order valence-electron chi connectivity index (χ1n) is 36.7. The van der Waals surface area contributed by atoms with Gasteiger partial charge in [0.2, 0.25) is 65.0 Å². The quantitative estimate of drug-likeness (QED) is 0.0198. The van der Waals surface area contributed by atoms with Gasteiger partial charge in [-0.2, -0.15) is 0 Å². The molecule has 3 aliphatic heterocycles. The number of nitrogens with one attached hydrogen (secondary N) is 9. The first kappa shape index (κ1) is 88.1. The van der Waals surface area contributed by atoms with E-state index in [0.29, 0.717) is 24.8 Å². The normalized spacial score (nSPS) is 22.2. The zero-order valence-corrected chi connectivity index (χ0v) is 61.3. The van der Waals surface area contributed by atoms with E-state index in [1.807, 2.05) is 0 Å². The van der Waals surface area contributed by atoms with Gasteiger partial charge in [-0.05, 0) is 119 Å². The molecule has 0 aromatic heterocycles. The topological polar surface area (TPSA) is 513 Å². The summed E-state index contributed by atoms with van der Waals surface area (Å²) in [5, 5.41) is 74.1. The van der Waals surface area contributed by atoms with E-state index < -0.39 is 213 Å². The number of esters is 1. The number of rotatable bonds is 36. The Morgan fingerprint density at radius 1 is 0.610 bits per heavy atom. The molecule has 32 heteroatoms. The van der Waals surface area contributed by atoms with Crippen LogP contribution in [0.15, 0.2) is 48.5 Å². The molecule has 11 amide bonds. The number of benzene rings is 2. The number of primary amides is 1. The van der Waals surface area contributed by atoms with Gasteiger partial charge in [0, 0.05) is 38.6 Å². The molecule has 1 fully saturated rings. The number of aliphatic carboxylic acids is 2. The van der Waals surface area contributed by atoms with Crippen LogP contribution in [0.2, 0.25) is 0 Å². The Morgan fingerprint density at radius 2 is 1.17 bits per heavy atom. The van der Waals surface area contributed by atoms with Crippen LogP contribution in [-0.2, 0) is 80.0 Å². The second-order valence-electron chi connectivity index (χ2n) is 27.7. The highest BCUT2D eigenvalue weighted by Gasteiger charge is 2.41. The molecule has 0 radical (unpaired) electrons. The minimum Gasteiger partial charge on any atom is -0.508 e. The van der Waals surface area contributed by atoms with Crippen molar-refractivity contribution >= 4 is 82.9 Å². The van der Waals surface area contributed by atoms with Crippen LogP contribution in [0.25, 0.3) is 0 Å². The maximum atomic E-state index is 14.8. The summed E-state index contributed by atoms with van der Waals surface area (Å²) in [6.07, 6.45) is 4.02. The molecule has 0 saturated carbocycles. The summed E-state index contributed by atoms with van der Waals surface area (Å²) in [4.78, 5) is 195. The highest BCUT2D eigenvalue weighted by atomic mass is 16.5. The number of carbonyl (C=O) groups is 14. The number of aliphatic hydroxyl groups excluding tert-OH is 2. The number of carboxylic acid groups (broad SMARTS) is 2. The van der Waals surface area contributed by atoms with Gasteiger partial charge in [0.15, 0.2) is 0 Å². The van der Waals surface area contributed by atoms with Gasteiger partial charge in [0.05, 0.1) is 18.6 Å². The van der Waals surface area contributed by atoms with Crippen molar-refractivity contribution in [1.29, 1.82) is 0 Å². The van der Waals surface area contributed by atoms with Crippen LogP contribution in [0.1, 0.15) is 200 Å². The predicted molar refractivity (Wildman–Crippen MR) is 383 cm³/mol. The summed E-state index contributed by atoms with van der Waals surface area (Å²) >= 11 is 0. The average molecular weight is 1480 g/mol. The lowest BCUT2D eigenvalue weighted by Gasteiger charge is -2.30. The maximum absolute atomic E-state index is 14.8. The molecule has 32 nitrogen and oxygen atoms in total. The number of aromatic hydroxyl groups is 1. The monoisotopic (exact) mass is 1480 g/mol. The molecule has 5 rings (SSSR count). The first-order valence-corrected chi connectivity index (χ1v) is 36.7. The van der Waals surface area contributed by atoms with Crippen molar-refractivity contribution in [2.24, 2.45) is 23.3 Å². The van der Waals surface area contributed by atoms with Crippen LogP contribution < -0.4 is 64.1 Å². The number of phenolic OH excluding ortho intramolecular Hbond substituents is 1. The summed E-state index contributed by atoms with van der Waals surface area (Å²) in [6, 6.07) is -4.88. The van der Waals surface area contributed by atoms with Crippen molar-refractivity contribution in [2.75, 3.05) is 13.1 Å². The Balaban J connectivity index is 1.74. The largest absolute Gasteiger partial charge is 0.508 e. The molecule has 2 aromatic carbocycles. The number of ether oxygens (including phenoxy) is 1. The summed E-state index contributed by atoms with van der Waals surface area (Å²) in [5.41, 5.74) is 12.0. The number of hydrogen-bond acceptors (Lipinski definition) is 19. The number of hydrogen-bond donors (Lipinski definition) is 16. The van der Waals surface area contributed by atoms with Crippen molar-refractivity contribution in [2.45, 2.75) is 275 Å². The van der Waals surface area contributed by atoms with E-state index in [9.17, 15) is 92.7 Å². The third-order valence-electron chi connectivity index (χ3n) is 18.9. The van der Waals surface area contributed by atoms with Crippen LogP contribution in [-0.4, -0.2) is 199 Å². The molecule has 0 aliphatic carbocycles. The van der Waals surface area contributed by atoms with Gasteiger partial charge in [-0.1, -0.05) is 123 Å². The fourth-order valence-electron chi connectivity index (χ4n) is 12.2. The molecule has 3 aliphatic rings. The molecular formula is C73H112N12O20. The van der Waals surface area contributed by atoms with Gasteiger partial charge in [-0.3, -0.25) is 62.3 Å². The number of nitrogens with zero attached hydrogens (tertiary/aromatic N) is 1. The first-order chi connectivity index (χ1) is 49.8. The van der Waals surface area contributed by atoms with E-state index in [1.54, 1.807) is 13.8 Å². The van der Waals surface area contributed by atoms with Gasteiger partial charge in [-0.25, -0.2) is 4.79 Å². The Morgan fingerprint density at radius 3 is 1.76 bits per heavy atom. The second-order valence-corrected chi connectivity index (χ2v) is 27.7. The molecule has 584 valence electrons. The Kier molecular flexibility index (Phi) is 38.4. The number of carboxylic acids is 2.